The average Bonchev–Trinajstić information content (AvgIpc) is 2.38. The van der Waals surface area contributed by atoms with Crippen LogP contribution < -0.4 is 10.6 Å². The van der Waals surface area contributed by atoms with E-state index in [9.17, 15) is 14.7 Å². The second-order valence-electron chi connectivity index (χ2n) is 5.50. The molecule has 21 heavy (non-hydrogen) atoms. The molecule has 2 amide bonds. The summed E-state index contributed by atoms with van der Waals surface area (Å²) in [5.74, 6) is -1.07. The Morgan fingerprint density at radius 3 is 2.43 bits per heavy atom. The van der Waals surface area contributed by atoms with Gasteiger partial charge in [-0.25, -0.2) is 9.59 Å². The van der Waals surface area contributed by atoms with Crippen LogP contribution >= 0.6 is 0 Å². The maximum absolute atomic E-state index is 11.9. The summed E-state index contributed by atoms with van der Waals surface area (Å²) in [5.41, 5.74) is 0.274. The van der Waals surface area contributed by atoms with Crippen molar-refractivity contribution in [1.82, 2.24) is 10.6 Å². The highest BCUT2D eigenvalue weighted by Crippen LogP contribution is 2.05. The molecule has 0 spiro atoms. The summed E-state index contributed by atoms with van der Waals surface area (Å²) >= 11 is 0. The molecule has 0 heterocycles. The van der Waals surface area contributed by atoms with E-state index in [0.717, 1.165) is 5.56 Å². The van der Waals surface area contributed by atoms with E-state index in [4.69, 9.17) is 4.74 Å². The Bertz CT molecular complexity index is 474. The van der Waals surface area contributed by atoms with Crippen LogP contribution in [0.15, 0.2) is 30.3 Å². The van der Waals surface area contributed by atoms with Crippen molar-refractivity contribution in [1.29, 1.82) is 0 Å². The van der Waals surface area contributed by atoms with Gasteiger partial charge in [-0.2, -0.15) is 0 Å². The van der Waals surface area contributed by atoms with Crippen molar-refractivity contribution < 1.29 is 19.4 Å². The van der Waals surface area contributed by atoms with Crippen molar-refractivity contribution in [2.75, 3.05) is 13.7 Å². The molecule has 0 fully saturated rings. The number of carbonyl (C=O) groups excluding carboxylic acids is 1. The smallest absolute Gasteiger partial charge is 0.326 e. The molecule has 1 rings (SSSR count). The summed E-state index contributed by atoms with van der Waals surface area (Å²) in [6, 6.07) is 7.65. The molecule has 0 saturated heterocycles. The standard InChI is InChI=1S/C15H22N2O4/c1-15(2,10-21-3)17-14(20)16-12(13(18)19)9-11-7-5-4-6-8-11/h4-8,12H,9-10H2,1-3H3,(H,18,19)(H2,16,17,20)/t12-/m1/s1. The number of carboxylic acid groups (broad SMARTS) is 1. The number of nitrogens with one attached hydrogen (secondary N) is 2. The van der Waals surface area contributed by atoms with Crippen molar-refractivity contribution in [3.05, 3.63) is 35.9 Å². The Morgan fingerprint density at radius 1 is 1.29 bits per heavy atom. The number of hydrogen-bond donors (Lipinski definition) is 3. The molecule has 1 atom stereocenters. The van der Waals surface area contributed by atoms with Crippen LogP contribution in [0.4, 0.5) is 4.79 Å². The molecule has 0 aliphatic carbocycles. The molecule has 1 aromatic carbocycles. The van der Waals surface area contributed by atoms with E-state index in [1.165, 1.54) is 7.11 Å². The van der Waals surface area contributed by atoms with Crippen LogP contribution in [0.5, 0.6) is 0 Å². The van der Waals surface area contributed by atoms with Crippen molar-refractivity contribution in [2.24, 2.45) is 0 Å². The van der Waals surface area contributed by atoms with Gasteiger partial charge in [0.2, 0.25) is 0 Å². The van der Waals surface area contributed by atoms with Crippen molar-refractivity contribution >= 4 is 12.0 Å². The number of methoxy groups -OCH3 is 1. The quantitative estimate of drug-likeness (QED) is 0.709. The van der Waals surface area contributed by atoms with Gasteiger partial charge in [0.1, 0.15) is 6.04 Å². The Kier molecular flexibility index (Phi) is 6.17. The maximum Gasteiger partial charge on any atom is 0.326 e. The Labute approximate surface area is 124 Å². The van der Waals surface area contributed by atoms with Gasteiger partial charge in [-0.3, -0.25) is 0 Å². The van der Waals surface area contributed by atoms with Gasteiger partial charge >= 0.3 is 12.0 Å². The molecule has 0 aliphatic heterocycles. The lowest BCUT2D eigenvalue weighted by Gasteiger charge is -2.26. The molecule has 0 aliphatic rings. The van der Waals surface area contributed by atoms with Gasteiger partial charge in [0.15, 0.2) is 0 Å². The summed E-state index contributed by atoms with van der Waals surface area (Å²) < 4.78 is 5.00. The fourth-order valence-corrected chi connectivity index (χ4v) is 1.95. The molecule has 3 N–H and O–H groups in total. The first kappa shape index (κ1) is 17.0. The first-order valence-corrected chi connectivity index (χ1v) is 6.68. The predicted octanol–water partition coefficient (Wildman–Crippen LogP) is 1.41. The summed E-state index contributed by atoms with van der Waals surface area (Å²) in [4.78, 5) is 23.2. The second-order valence-corrected chi connectivity index (χ2v) is 5.50. The predicted molar refractivity (Wildman–Crippen MR) is 79.2 cm³/mol. The van der Waals surface area contributed by atoms with Crippen LogP contribution in [-0.2, 0) is 16.0 Å². The highest BCUT2D eigenvalue weighted by atomic mass is 16.5. The number of carboxylic acids is 1. The largest absolute Gasteiger partial charge is 0.480 e. The van der Waals surface area contributed by atoms with Crippen molar-refractivity contribution in [2.45, 2.75) is 31.8 Å². The second kappa shape index (κ2) is 7.64. The van der Waals surface area contributed by atoms with Gasteiger partial charge in [0, 0.05) is 13.5 Å². The SMILES string of the molecule is COCC(C)(C)NC(=O)N[C@H](Cc1ccccc1)C(=O)O. The van der Waals surface area contributed by atoms with Crippen LogP contribution in [0.3, 0.4) is 0 Å². The minimum Gasteiger partial charge on any atom is -0.480 e. The zero-order valence-electron chi connectivity index (χ0n) is 12.6. The lowest BCUT2D eigenvalue weighted by molar-refractivity contribution is -0.139. The Hall–Kier alpha value is -2.08. The summed E-state index contributed by atoms with van der Waals surface area (Å²) in [7, 11) is 1.54. The van der Waals surface area contributed by atoms with E-state index in [2.05, 4.69) is 10.6 Å². The highest BCUT2D eigenvalue weighted by Gasteiger charge is 2.24. The van der Waals surface area contributed by atoms with Gasteiger partial charge in [-0.05, 0) is 19.4 Å². The number of carbonyl (C=O) groups is 2. The van der Waals surface area contributed by atoms with Crippen LogP contribution in [0, 0.1) is 0 Å². The molecule has 6 nitrogen and oxygen atoms in total. The number of urea groups is 1. The lowest BCUT2D eigenvalue weighted by Crippen LogP contribution is -2.54. The monoisotopic (exact) mass is 294 g/mol. The minimum absolute atomic E-state index is 0.230. The van der Waals surface area contributed by atoms with Gasteiger partial charge in [0.05, 0.1) is 12.1 Å². The van der Waals surface area contributed by atoms with Crippen LogP contribution in [0.1, 0.15) is 19.4 Å². The number of benzene rings is 1. The van der Waals surface area contributed by atoms with Gasteiger partial charge in [0.25, 0.3) is 0 Å². The van der Waals surface area contributed by atoms with Crippen LogP contribution in [0.25, 0.3) is 0 Å². The molecule has 0 bridgehead atoms. The summed E-state index contributed by atoms with van der Waals surface area (Å²) in [6.07, 6.45) is 0.230. The topological polar surface area (TPSA) is 87.7 Å². The zero-order chi connectivity index (χ0) is 15.9. The van der Waals surface area contributed by atoms with Gasteiger partial charge < -0.3 is 20.5 Å². The van der Waals surface area contributed by atoms with Crippen molar-refractivity contribution in [3.8, 4) is 0 Å². The normalized spacial score (nSPS) is 12.5. The number of aliphatic carboxylic acids is 1. The number of ether oxygens (including phenoxy) is 1. The summed E-state index contributed by atoms with van der Waals surface area (Å²) in [5, 5.41) is 14.4. The lowest BCUT2D eigenvalue weighted by atomic mass is 10.1. The molecule has 0 radical (unpaired) electrons. The number of amides is 2. The molecule has 0 saturated carbocycles. The Balaban J connectivity index is 2.62. The Morgan fingerprint density at radius 2 is 1.90 bits per heavy atom. The molecule has 116 valence electrons. The average molecular weight is 294 g/mol. The molecule has 0 unspecified atom stereocenters. The highest BCUT2D eigenvalue weighted by molar-refractivity contribution is 5.83. The molecular weight excluding hydrogens is 272 g/mol. The third-order valence-corrected chi connectivity index (χ3v) is 2.84. The van der Waals surface area contributed by atoms with Crippen LogP contribution in [-0.4, -0.2) is 42.4 Å². The first-order chi connectivity index (χ1) is 9.84. The number of hydrogen-bond acceptors (Lipinski definition) is 3. The zero-order valence-corrected chi connectivity index (χ0v) is 12.6. The van der Waals surface area contributed by atoms with E-state index < -0.39 is 23.6 Å². The van der Waals surface area contributed by atoms with E-state index in [0.29, 0.717) is 6.61 Å². The first-order valence-electron chi connectivity index (χ1n) is 6.68. The van der Waals surface area contributed by atoms with Gasteiger partial charge in [-0.15, -0.1) is 0 Å². The van der Waals surface area contributed by atoms with Crippen molar-refractivity contribution in [3.63, 3.8) is 0 Å². The third-order valence-electron chi connectivity index (χ3n) is 2.84. The molecule has 6 heteroatoms. The number of rotatable bonds is 7. The van der Waals surface area contributed by atoms with Crippen LogP contribution in [0.2, 0.25) is 0 Å². The minimum atomic E-state index is -1.07. The maximum atomic E-state index is 11.9. The fraction of sp³-hybridized carbons (Fsp3) is 0.467. The van der Waals surface area contributed by atoms with E-state index >= 15 is 0 Å². The third kappa shape index (κ3) is 6.27. The summed E-state index contributed by atoms with van der Waals surface area (Å²) in [6.45, 7) is 3.92. The fourth-order valence-electron chi connectivity index (χ4n) is 1.95. The molecular formula is C15H22N2O4. The van der Waals surface area contributed by atoms with Gasteiger partial charge in [-0.1, -0.05) is 30.3 Å². The molecule has 1 aromatic rings. The van der Waals surface area contributed by atoms with E-state index in [1.54, 1.807) is 13.8 Å². The molecule has 0 aromatic heterocycles. The van der Waals surface area contributed by atoms with E-state index in [-0.39, 0.29) is 6.42 Å². The van der Waals surface area contributed by atoms with E-state index in [1.807, 2.05) is 30.3 Å².